The van der Waals surface area contributed by atoms with Crippen LogP contribution in [-0.4, -0.2) is 12.6 Å². The van der Waals surface area contributed by atoms with E-state index in [2.05, 4.69) is 10.6 Å². The van der Waals surface area contributed by atoms with E-state index in [1.54, 1.807) is 6.92 Å². The molecule has 0 aliphatic carbocycles. The Labute approximate surface area is 85.5 Å². The first kappa shape index (κ1) is 9.89. The molecule has 15 heavy (non-hydrogen) atoms. The maximum absolute atomic E-state index is 13.0. The summed E-state index contributed by atoms with van der Waals surface area (Å²) >= 11 is 0. The molecule has 1 heterocycles. The van der Waals surface area contributed by atoms with Crippen LogP contribution in [0.4, 0.5) is 13.6 Å². The molecule has 1 aliphatic rings. The highest BCUT2D eigenvalue weighted by molar-refractivity contribution is 5.77. The second kappa shape index (κ2) is 3.18. The van der Waals surface area contributed by atoms with E-state index in [0.29, 0.717) is 12.1 Å². The number of hydrogen-bond acceptors (Lipinski definition) is 1. The van der Waals surface area contributed by atoms with Crippen LogP contribution >= 0.6 is 0 Å². The average Bonchev–Trinajstić information content (AvgIpc) is 2.52. The van der Waals surface area contributed by atoms with Gasteiger partial charge in [-0.05, 0) is 24.6 Å². The van der Waals surface area contributed by atoms with Gasteiger partial charge in [0.05, 0.1) is 5.54 Å². The Hall–Kier alpha value is -1.65. The largest absolute Gasteiger partial charge is 0.335 e. The molecule has 5 heteroatoms. The highest BCUT2D eigenvalue weighted by Gasteiger charge is 2.34. The van der Waals surface area contributed by atoms with Crippen molar-refractivity contribution in [3.8, 4) is 0 Å². The number of urea groups is 1. The quantitative estimate of drug-likeness (QED) is 0.727. The molecule has 0 unspecified atom stereocenters. The van der Waals surface area contributed by atoms with Crippen LogP contribution < -0.4 is 10.6 Å². The number of hydrogen-bond donors (Lipinski definition) is 2. The van der Waals surface area contributed by atoms with Crippen LogP contribution in [0.15, 0.2) is 18.2 Å². The molecule has 2 amide bonds. The molecule has 0 saturated carbocycles. The Kier molecular flexibility index (Phi) is 2.10. The lowest BCUT2D eigenvalue weighted by Crippen LogP contribution is -2.37. The Bertz CT molecular complexity index is 422. The van der Waals surface area contributed by atoms with E-state index in [0.717, 1.165) is 12.1 Å². The Morgan fingerprint density at radius 1 is 1.33 bits per heavy atom. The summed E-state index contributed by atoms with van der Waals surface area (Å²) in [6.45, 7) is 2.11. The maximum Gasteiger partial charge on any atom is 0.315 e. The van der Waals surface area contributed by atoms with Crippen LogP contribution in [-0.2, 0) is 5.54 Å². The zero-order chi connectivity index (χ0) is 11.1. The molecule has 1 atom stereocenters. The summed E-state index contributed by atoms with van der Waals surface area (Å²) in [5.41, 5.74) is -0.134. The van der Waals surface area contributed by atoms with Gasteiger partial charge in [-0.15, -0.1) is 0 Å². The van der Waals surface area contributed by atoms with E-state index >= 15 is 0 Å². The fourth-order valence-electron chi connectivity index (χ4n) is 1.61. The molecule has 1 aromatic rings. The van der Waals surface area contributed by atoms with E-state index in [9.17, 15) is 13.6 Å². The molecule has 1 saturated heterocycles. The summed E-state index contributed by atoms with van der Waals surface area (Å²) in [6.07, 6.45) is 0. The van der Waals surface area contributed by atoms with Crippen LogP contribution in [0.2, 0.25) is 0 Å². The van der Waals surface area contributed by atoms with E-state index < -0.39 is 17.2 Å². The van der Waals surface area contributed by atoms with Gasteiger partial charge >= 0.3 is 6.03 Å². The van der Waals surface area contributed by atoms with Crippen molar-refractivity contribution < 1.29 is 13.6 Å². The fraction of sp³-hybridized carbons (Fsp3) is 0.300. The third kappa shape index (κ3) is 1.65. The lowest BCUT2D eigenvalue weighted by molar-refractivity contribution is 0.245. The first-order valence-corrected chi connectivity index (χ1v) is 4.53. The second-order valence-corrected chi connectivity index (χ2v) is 3.77. The zero-order valence-corrected chi connectivity index (χ0v) is 8.10. The number of halogens is 2. The normalized spacial score (nSPS) is 24.9. The zero-order valence-electron chi connectivity index (χ0n) is 8.10. The smallest absolute Gasteiger partial charge is 0.315 e. The molecule has 1 aromatic carbocycles. The van der Waals surface area contributed by atoms with Crippen molar-refractivity contribution in [3.63, 3.8) is 0 Å². The van der Waals surface area contributed by atoms with E-state index in [-0.39, 0.29) is 6.03 Å². The summed E-state index contributed by atoms with van der Waals surface area (Å²) in [7, 11) is 0. The molecule has 80 valence electrons. The summed E-state index contributed by atoms with van der Waals surface area (Å²) < 4.78 is 25.7. The Morgan fingerprint density at radius 3 is 2.60 bits per heavy atom. The summed E-state index contributed by atoms with van der Waals surface area (Å²) in [4.78, 5) is 11.0. The predicted molar refractivity (Wildman–Crippen MR) is 50.2 cm³/mol. The molecule has 0 radical (unpaired) electrons. The average molecular weight is 212 g/mol. The lowest BCUT2D eigenvalue weighted by Gasteiger charge is -2.22. The monoisotopic (exact) mass is 212 g/mol. The van der Waals surface area contributed by atoms with Gasteiger partial charge < -0.3 is 10.6 Å². The topological polar surface area (TPSA) is 41.1 Å². The van der Waals surface area contributed by atoms with E-state index in [1.165, 1.54) is 6.07 Å². The van der Waals surface area contributed by atoms with Crippen molar-refractivity contribution >= 4 is 6.03 Å². The molecule has 0 aromatic heterocycles. The molecule has 3 nitrogen and oxygen atoms in total. The summed E-state index contributed by atoms with van der Waals surface area (Å²) in [6, 6.07) is 3.32. The van der Waals surface area contributed by atoms with E-state index in [4.69, 9.17) is 0 Å². The van der Waals surface area contributed by atoms with Gasteiger partial charge in [0.25, 0.3) is 0 Å². The third-order valence-electron chi connectivity index (χ3n) is 2.55. The first-order chi connectivity index (χ1) is 7.01. The van der Waals surface area contributed by atoms with Crippen molar-refractivity contribution in [2.24, 2.45) is 0 Å². The standard InChI is InChI=1S/C10H10F2N2O/c1-10(5-13-9(15)14-10)6-2-3-7(11)8(12)4-6/h2-4H,5H2,1H3,(H2,13,14,15)/t10-/m0/s1. The molecular weight excluding hydrogens is 202 g/mol. The van der Waals surface area contributed by atoms with Crippen LogP contribution in [0, 0.1) is 11.6 Å². The molecule has 0 spiro atoms. The molecular formula is C10H10F2N2O. The van der Waals surface area contributed by atoms with Gasteiger partial charge in [0, 0.05) is 6.54 Å². The van der Waals surface area contributed by atoms with Crippen molar-refractivity contribution in [1.29, 1.82) is 0 Å². The highest BCUT2D eigenvalue weighted by atomic mass is 19.2. The van der Waals surface area contributed by atoms with Crippen LogP contribution in [0.1, 0.15) is 12.5 Å². The maximum atomic E-state index is 13.0. The minimum Gasteiger partial charge on any atom is -0.335 e. The minimum absolute atomic E-state index is 0.303. The lowest BCUT2D eigenvalue weighted by atomic mass is 9.93. The predicted octanol–water partition coefficient (Wildman–Crippen LogP) is 1.49. The van der Waals surface area contributed by atoms with Gasteiger partial charge in [0.2, 0.25) is 0 Å². The fourth-order valence-corrected chi connectivity index (χ4v) is 1.61. The van der Waals surface area contributed by atoms with Gasteiger partial charge in [0.1, 0.15) is 0 Å². The third-order valence-corrected chi connectivity index (χ3v) is 2.55. The molecule has 1 aliphatic heterocycles. The number of rotatable bonds is 1. The van der Waals surface area contributed by atoms with Crippen molar-refractivity contribution in [2.45, 2.75) is 12.5 Å². The van der Waals surface area contributed by atoms with Crippen LogP contribution in [0.5, 0.6) is 0 Å². The molecule has 2 N–H and O–H groups in total. The van der Waals surface area contributed by atoms with E-state index in [1.807, 2.05) is 0 Å². The molecule has 2 rings (SSSR count). The van der Waals surface area contributed by atoms with Crippen LogP contribution in [0.25, 0.3) is 0 Å². The molecule has 1 fully saturated rings. The SMILES string of the molecule is C[C@@]1(c2ccc(F)c(F)c2)CNC(=O)N1. The Balaban J connectivity index is 2.37. The number of nitrogens with one attached hydrogen (secondary N) is 2. The van der Waals surface area contributed by atoms with Gasteiger partial charge in [0.15, 0.2) is 11.6 Å². The second-order valence-electron chi connectivity index (χ2n) is 3.77. The van der Waals surface area contributed by atoms with Crippen molar-refractivity contribution in [2.75, 3.05) is 6.54 Å². The van der Waals surface area contributed by atoms with Crippen LogP contribution in [0.3, 0.4) is 0 Å². The highest BCUT2D eigenvalue weighted by Crippen LogP contribution is 2.24. The van der Waals surface area contributed by atoms with Gasteiger partial charge in [-0.3, -0.25) is 0 Å². The number of carbonyl (C=O) groups excluding carboxylic acids is 1. The summed E-state index contributed by atoms with van der Waals surface area (Å²) in [5, 5.41) is 5.23. The van der Waals surface area contributed by atoms with Crippen molar-refractivity contribution in [3.05, 3.63) is 35.4 Å². The van der Waals surface area contributed by atoms with Gasteiger partial charge in [-0.2, -0.15) is 0 Å². The Morgan fingerprint density at radius 2 is 2.07 bits per heavy atom. The minimum atomic E-state index is -0.908. The first-order valence-electron chi connectivity index (χ1n) is 4.53. The van der Waals surface area contributed by atoms with Gasteiger partial charge in [-0.25, -0.2) is 13.6 Å². The summed E-state index contributed by atoms with van der Waals surface area (Å²) in [5.74, 6) is -1.80. The number of benzene rings is 1. The van der Waals surface area contributed by atoms with Gasteiger partial charge in [-0.1, -0.05) is 6.07 Å². The molecule has 0 bridgehead atoms. The number of carbonyl (C=O) groups is 1. The van der Waals surface area contributed by atoms with Crippen molar-refractivity contribution in [1.82, 2.24) is 10.6 Å². The number of amides is 2.